The van der Waals surface area contributed by atoms with E-state index in [1.165, 1.54) is 6.42 Å². The zero-order chi connectivity index (χ0) is 13.5. The number of nitrogens with two attached hydrogens (primary N) is 2. The lowest BCUT2D eigenvalue weighted by Crippen LogP contribution is -2.16. The van der Waals surface area contributed by atoms with Gasteiger partial charge in [-0.1, -0.05) is 13.3 Å². The first-order chi connectivity index (χ1) is 8.54. The summed E-state index contributed by atoms with van der Waals surface area (Å²) in [4.78, 5) is 4.31. The molecule has 0 fully saturated rings. The van der Waals surface area contributed by atoms with Crippen molar-refractivity contribution in [2.75, 3.05) is 17.6 Å². The van der Waals surface area contributed by atoms with Crippen LogP contribution in [0.25, 0.3) is 0 Å². The molecular weight excluding hydrogens is 260 g/mol. The van der Waals surface area contributed by atoms with Gasteiger partial charge in [-0.25, -0.2) is 0 Å². The van der Waals surface area contributed by atoms with Gasteiger partial charge in [0.1, 0.15) is 5.84 Å². The van der Waals surface area contributed by atoms with Gasteiger partial charge in [-0.15, -0.1) is 12.4 Å². The van der Waals surface area contributed by atoms with Gasteiger partial charge in [-0.2, -0.15) is 0 Å². The summed E-state index contributed by atoms with van der Waals surface area (Å²) >= 11 is 0. The van der Waals surface area contributed by atoms with E-state index in [1.807, 2.05) is 32.0 Å². The number of aliphatic imine (C=N–C) groups is 1. The molecule has 0 aliphatic carbocycles. The molecule has 0 unspecified atom stereocenters. The molecule has 4 nitrogen and oxygen atoms in total. The lowest BCUT2D eigenvalue weighted by atomic mass is 10.1. The van der Waals surface area contributed by atoms with E-state index in [2.05, 4.69) is 17.2 Å². The van der Waals surface area contributed by atoms with E-state index in [0.717, 1.165) is 24.2 Å². The highest BCUT2D eigenvalue weighted by Gasteiger charge is 2.04. The van der Waals surface area contributed by atoms with Crippen molar-refractivity contribution >= 4 is 29.6 Å². The van der Waals surface area contributed by atoms with Gasteiger partial charge in [-0.05, 0) is 38.5 Å². The first-order valence-corrected chi connectivity index (χ1v) is 6.51. The number of hydrogen-bond acceptors (Lipinski definition) is 3. The first-order valence-electron chi connectivity index (χ1n) is 6.51. The predicted octanol–water partition coefficient (Wildman–Crippen LogP) is 3.02. The molecule has 0 saturated carbocycles. The summed E-state index contributed by atoms with van der Waals surface area (Å²) in [5.74, 6) is 0.539. The second kappa shape index (κ2) is 8.64. The molecule has 0 atom stereocenters. The van der Waals surface area contributed by atoms with Crippen LogP contribution in [-0.4, -0.2) is 18.4 Å². The van der Waals surface area contributed by atoms with Crippen molar-refractivity contribution in [3.05, 3.63) is 23.8 Å². The molecule has 0 spiro atoms. The Morgan fingerprint density at radius 3 is 2.58 bits per heavy atom. The molecule has 0 aliphatic heterocycles. The Bertz CT molecular complexity index is 416. The molecule has 5 heteroatoms. The second-order valence-electron chi connectivity index (χ2n) is 4.69. The Kier molecular flexibility index (Phi) is 8.00. The molecule has 1 aromatic carbocycles. The zero-order valence-corrected chi connectivity index (χ0v) is 12.8. The Hall–Kier alpha value is -1.42. The lowest BCUT2D eigenvalue weighted by molar-refractivity contribution is 0.833. The highest BCUT2D eigenvalue weighted by molar-refractivity contribution is 5.99. The monoisotopic (exact) mass is 284 g/mol. The number of rotatable bonds is 6. The Morgan fingerprint density at radius 1 is 1.37 bits per heavy atom. The van der Waals surface area contributed by atoms with Crippen molar-refractivity contribution in [3.8, 4) is 0 Å². The summed E-state index contributed by atoms with van der Waals surface area (Å²) in [6.45, 7) is 7.10. The van der Waals surface area contributed by atoms with Crippen molar-refractivity contribution in [3.63, 3.8) is 0 Å². The second-order valence-corrected chi connectivity index (χ2v) is 4.69. The Balaban J connectivity index is 0.00000324. The number of benzene rings is 1. The molecule has 0 saturated heterocycles. The molecule has 0 aliphatic rings. The van der Waals surface area contributed by atoms with Crippen LogP contribution >= 0.6 is 12.4 Å². The maximum absolute atomic E-state index is 6.00. The third-order valence-corrected chi connectivity index (χ3v) is 2.59. The first kappa shape index (κ1) is 17.6. The van der Waals surface area contributed by atoms with Crippen molar-refractivity contribution < 1.29 is 0 Å². The van der Waals surface area contributed by atoms with E-state index in [1.54, 1.807) is 0 Å². The standard InChI is InChI=1S/C14H24N4.ClH/c1-4-5-8-17-13-7-6-11(9-12(13)15)14(16)18-10(2)3;/h6-7,9-10,17H,4-5,8,15H2,1-3H3,(H2,16,18);1H. The van der Waals surface area contributed by atoms with Crippen molar-refractivity contribution in [2.24, 2.45) is 10.7 Å². The van der Waals surface area contributed by atoms with Gasteiger partial charge >= 0.3 is 0 Å². The minimum atomic E-state index is 0. The van der Waals surface area contributed by atoms with E-state index < -0.39 is 0 Å². The largest absolute Gasteiger partial charge is 0.397 e. The average molecular weight is 285 g/mol. The highest BCUT2D eigenvalue weighted by Crippen LogP contribution is 2.20. The fourth-order valence-corrected chi connectivity index (χ4v) is 1.64. The van der Waals surface area contributed by atoms with Crippen LogP contribution in [0.2, 0.25) is 0 Å². The van der Waals surface area contributed by atoms with Crippen molar-refractivity contribution in [2.45, 2.75) is 39.7 Å². The summed E-state index contributed by atoms with van der Waals surface area (Å²) in [6, 6.07) is 5.97. The summed E-state index contributed by atoms with van der Waals surface area (Å²) in [5, 5.41) is 3.32. The number of nitrogen functional groups attached to an aromatic ring is 1. The van der Waals surface area contributed by atoms with Gasteiger partial charge in [-0.3, -0.25) is 4.99 Å². The molecule has 0 bridgehead atoms. The number of amidine groups is 1. The summed E-state index contributed by atoms with van der Waals surface area (Å²) in [6.07, 6.45) is 2.30. The smallest absolute Gasteiger partial charge is 0.125 e. The molecule has 108 valence electrons. The maximum atomic E-state index is 6.00. The molecule has 0 heterocycles. The fraction of sp³-hybridized carbons (Fsp3) is 0.500. The SMILES string of the molecule is CCCCNc1ccc(C(N)=NC(C)C)cc1N.Cl. The van der Waals surface area contributed by atoms with Crippen molar-refractivity contribution in [1.29, 1.82) is 0 Å². The molecule has 0 radical (unpaired) electrons. The van der Waals surface area contributed by atoms with E-state index in [-0.39, 0.29) is 18.4 Å². The summed E-state index contributed by atoms with van der Waals surface area (Å²) in [5.41, 5.74) is 14.5. The Morgan fingerprint density at radius 2 is 2.05 bits per heavy atom. The average Bonchev–Trinajstić information content (AvgIpc) is 2.30. The number of anilines is 2. The van der Waals surface area contributed by atoms with Crippen LogP contribution in [0.1, 0.15) is 39.2 Å². The van der Waals surface area contributed by atoms with Crippen LogP contribution in [0.5, 0.6) is 0 Å². The van der Waals surface area contributed by atoms with E-state index in [9.17, 15) is 0 Å². The van der Waals surface area contributed by atoms with Crippen LogP contribution in [0.4, 0.5) is 11.4 Å². The summed E-state index contributed by atoms with van der Waals surface area (Å²) in [7, 11) is 0. The van der Waals surface area contributed by atoms with Gasteiger partial charge < -0.3 is 16.8 Å². The quantitative estimate of drug-likeness (QED) is 0.325. The van der Waals surface area contributed by atoms with E-state index >= 15 is 0 Å². The predicted molar refractivity (Wildman–Crippen MR) is 87.4 cm³/mol. The number of nitrogens with one attached hydrogen (secondary N) is 1. The number of nitrogens with zero attached hydrogens (tertiary/aromatic N) is 1. The van der Waals surface area contributed by atoms with Crippen LogP contribution < -0.4 is 16.8 Å². The number of unbranched alkanes of at least 4 members (excludes halogenated alkanes) is 1. The van der Waals surface area contributed by atoms with Gasteiger partial charge in [0.25, 0.3) is 0 Å². The fourth-order valence-electron chi connectivity index (χ4n) is 1.64. The molecular formula is C14H25ClN4. The van der Waals surface area contributed by atoms with Gasteiger partial charge in [0.05, 0.1) is 11.4 Å². The molecule has 19 heavy (non-hydrogen) atoms. The number of hydrogen-bond donors (Lipinski definition) is 3. The lowest BCUT2D eigenvalue weighted by Gasteiger charge is -2.11. The third kappa shape index (κ3) is 5.83. The highest BCUT2D eigenvalue weighted by atomic mass is 35.5. The van der Waals surface area contributed by atoms with Crippen molar-refractivity contribution in [1.82, 2.24) is 0 Å². The van der Waals surface area contributed by atoms with Crippen LogP contribution in [0.15, 0.2) is 23.2 Å². The van der Waals surface area contributed by atoms with Crippen LogP contribution in [0, 0.1) is 0 Å². The van der Waals surface area contributed by atoms with Gasteiger partial charge in [0.2, 0.25) is 0 Å². The normalized spacial score (nSPS) is 11.3. The molecule has 1 aromatic rings. The maximum Gasteiger partial charge on any atom is 0.125 e. The zero-order valence-electron chi connectivity index (χ0n) is 11.9. The third-order valence-electron chi connectivity index (χ3n) is 2.59. The molecule has 0 aromatic heterocycles. The topological polar surface area (TPSA) is 76.4 Å². The Labute approximate surface area is 122 Å². The molecule has 1 rings (SSSR count). The molecule has 5 N–H and O–H groups in total. The summed E-state index contributed by atoms with van der Waals surface area (Å²) < 4.78 is 0. The number of halogens is 1. The minimum absolute atomic E-state index is 0. The van der Waals surface area contributed by atoms with Gasteiger partial charge in [0, 0.05) is 18.2 Å². The minimum Gasteiger partial charge on any atom is -0.397 e. The van der Waals surface area contributed by atoms with Crippen LogP contribution in [0.3, 0.4) is 0 Å². The van der Waals surface area contributed by atoms with E-state index in [0.29, 0.717) is 11.5 Å². The van der Waals surface area contributed by atoms with Crippen LogP contribution in [-0.2, 0) is 0 Å². The van der Waals surface area contributed by atoms with Gasteiger partial charge in [0.15, 0.2) is 0 Å². The van der Waals surface area contributed by atoms with E-state index in [4.69, 9.17) is 11.5 Å². The molecule has 0 amide bonds.